The molecule has 1 heterocycles. The zero-order valence-electron chi connectivity index (χ0n) is 15.4. The van der Waals surface area contributed by atoms with Crippen LogP contribution in [0.4, 0.5) is 0 Å². The molecule has 7 nitrogen and oxygen atoms in total. The van der Waals surface area contributed by atoms with Crippen LogP contribution in [0, 0.1) is 20.8 Å². The number of nitrogens with one attached hydrogen (secondary N) is 1. The first-order valence-electron chi connectivity index (χ1n) is 7.90. The average molecular weight is 459 g/mol. The van der Waals surface area contributed by atoms with Crippen LogP contribution >= 0.6 is 24.0 Å². The quantitative estimate of drug-likeness (QED) is 0.407. The van der Waals surface area contributed by atoms with Crippen molar-refractivity contribution in [3.05, 3.63) is 41.0 Å². The summed E-state index contributed by atoms with van der Waals surface area (Å²) >= 11 is 0. The molecule has 0 saturated carbocycles. The van der Waals surface area contributed by atoms with E-state index in [9.17, 15) is 0 Å². The normalized spacial score (nSPS) is 11.0. The summed E-state index contributed by atoms with van der Waals surface area (Å²) in [6.45, 7) is 7.64. The molecule has 1 aromatic heterocycles. The van der Waals surface area contributed by atoms with E-state index in [1.54, 1.807) is 14.0 Å². The SMILES string of the molecule is CN=C(NCc1noc(C)n1)N(C)CCOc1cc(C)cc(C)c1.I. The second-order valence-electron chi connectivity index (χ2n) is 5.72. The van der Waals surface area contributed by atoms with Crippen LogP contribution in [0.25, 0.3) is 0 Å². The second-order valence-corrected chi connectivity index (χ2v) is 5.72. The van der Waals surface area contributed by atoms with Gasteiger partial charge in [-0.05, 0) is 37.1 Å². The van der Waals surface area contributed by atoms with Crippen molar-refractivity contribution in [3.63, 3.8) is 0 Å². The maximum Gasteiger partial charge on any atom is 0.223 e. The van der Waals surface area contributed by atoms with Crippen LogP contribution < -0.4 is 10.1 Å². The Morgan fingerprint density at radius 2 is 1.92 bits per heavy atom. The predicted octanol–water partition coefficient (Wildman–Crippen LogP) is 2.70. The highest BCUT2D eigenvalue weighted by Gasteiger charge is 2.08. The summed E-state index contributed by atoms with van der Waals surface area (Å²) in [5.74, 6) is 2.80. The molecule has 0 amide bonds. The van der Waals surface area contributed by atoms with Gasteiger partial charge in [0, 0.05) is 21.0 Å². The van der Waals surface area contributed by atoms with Crippen molar-refractivity contribution in [3.8, 4) is 5.75 Å². The van der Waals surface area contributed by atoms with Crippen molar-refractivity contribution in [2.45, 2.75) is 27.3 Å². The van der Waals surface area contributed by atoms with Crippen molar-refractivity contribution >= 4 is 29.9 Å². The van der Waals surface area contributed by atoms with E-state index in [1.807, 2.05) is 24.1 Å². The molecule has 0 aliphatic heterocycles. The van der Waals surface area contributed by atoms with Gasteiger partial charge in [0.15, 0.2) is 11.8 Å². The van der Waals surface area contributed by atoms with E-state index in [0.717, 1.165) is 11.7 Å². The van der Waals surface area contributed by atoms with Crippen LogP contribution in [-0.2, 0) is 6.54 Å². The Morgan fingerprint density at radius 1 is 1.24 bits per heavy atom. The predicted molar refractivity (Wildman–Crippen MR) is 109 cm³/mol. The van der Waals surface area contributed by atoms with Gasteiger partial charge in [0.05, 0.1) is 13.1 Å². The fourth-order valence-corrected chi connectivity index (χ4v) is 2.38. The molecule has 0 unspecified atom stereocenters. The topological polar surface area (TPSA) is 75.8 Å². The molecular weight excluding hydrogens is 433 g/mol. The maximum absolute atomic E-state index is 5.83. The lowest BCUT2D eigenvalue weighted by molar-refractivity contribution is 0.281. The summed E-state index contributed by atoms with van der Waals surface area (Å²) in [5.41, 5.74) is 2.40. The highest BCUT2D eigenvalue weighted by molar-refractivity contribution is 14.0. The summed E-state index contributed by atoms with van der Waals surface area (Å²) in [5, 5.41) is 7.05. The summed E-state index contributed by atoms with van der Waals surface area (Å²) in [7, 11) is 3.70. The summed E-state index contributed by atoms with van der Waals surface area (Å²) < 4.78 is 10.8. The molecule has 0 spiro atoms. The van der Waals surface area contributed by atoms with E-state index in [1.165, 1.54) is 11.1 Å². The Kier molecular flexibility index (Phi) is 8.67. The lowest BCUT2D eigenvalue weighted by Gasteiger charge is -2.21. The summed E-state index contributed by atoms with van der Waals surface area (Å²) in [6, 6.07) is 6.21. The van der Waals surface area contributed by atoms with Gasteiger partial charge >= 0.3 is 0 Å². The van der Waals surface area contributed by atoms with Gasteiger partial charge in [-0.2, -0.15) is 4.98 Å². The van der Waals surface area contributed by atoms with Crippen molar-refractivity contribution in [2.75, 3.05) is 27.2 Å². The number of aliphatic imine (C=N–C) groups is 1. The van der Waals surface area contributed by atoms with Gasteiger partial charge < -0.3 is 19.5 Å². The molecule has 1 N–H and O–H groups in total. The van der Waals surface area contributed by atoms with Gasteiger partial charge in [-0.15, -0.1) is 24.0 Å². The second kappa shape index (κ2) is 10.2. The number of nitrogens with zero attached hydrogens (tertiary/aromatic N) is 4. The minimum atomic E-state index is 0. The molecule has 0 aliphatic carbocycles. The number of rotatable bonds is 6. The molecule has 1 aromatic carbocycles. The van der Waals surface area contributed by atoms with Crippen LogP contribution in [0.3, 0.4) is 0 Å². The van der Waals surface area contributed by atoms with Gasteiger partial charge in [-0.3, -0.25) is 4.99 Å². The molecule has 0 aliphatic rings. The monoisotopic (exact) mass is 459 g/mol. The number of likely N-dealkylation sites (N-methyl/N-ethyl adjacent to an activating group) is 1. The number of hydrogen-bond acceptors (Lipinski definition) is 5. The standard InChI is InChI=1S/C17H25N5O2.HI/c1-12-8-13(2)10-15(9-12)23-7-6-22(5)17(18-4)19-11-16-20-14(3)24-21-16;/h8-10H,6-7,11H2,1-5H3,(H,18,19);1H. The molecule has 0 bridgehead atoms. The Bertz CT molecular complexity index is 682. The Hall–Kier alpha value is -1.84. The van der Waals surface area contributed by atoms with E-state index in [2.05, 4.69) is 40.4 Å². The first-order valence-corrected chi connectivity index (χ1v) is 7.90. The van der Waals surface area contributed by atoms with E-state index in [-0.39, 0.29) is 24.0 Å². The number of benzene rings is 1. The lowest BCUT2D eigenvalue weighted by atomic mass is 10.1. The van der Waals surface area contributed by atoms with Gasteiger partial charge in [0.25, 0.3) is 0 Å². The molecule has 25 heavy (non-hydrogen) atoms. The Labute approximate surface area is 165 Å². The summed E-state index contributed by atoms with van der Waals surface area (Å²) in [6.07, 6.45) is 0. The van der Waals surface area contributed by atoms with E-state index >= 15 is 0 Å². The van der Waals surface area contributed by atoms with Crippen molar-refractivity contribution in [1.82, 2.24) is 20.4 Å². The van der Waals surface area contributed by atoms with Crippen LogP contribution in [-0.4, -0.2) is 48.2 Å². The first-order chi connectivity index (χ1) is 11.5. The molecule has 0 saturated heterocycles. The largest absolute Gasteiger partial charge is 0.492 e. The molecule has 0 atom stereocenters. The molecule has 138 valence electrons. The molecule has 0 radical (unpaired) electrons. The van der Waals surface area contributed by atoms with E-state index < -0.39 is 0 Å². The molecule has 2 aromatic rings. The number of aryl methyl sites for hydroxylation is 3. The smallest absolute Gasteiger partial charge is 0.223 e. The number of aromatic nitrogens is 2. The van der Waals surface area contributed by atoms with Crippen LogP contribution in [0.2, 0.25) is 0 Å². The zero-order chi connectivity index (χ0) is 17.5. The fourth-order valence-electron chi connectivity index (χ4n) is 2.38. The average Bonchev–Trinajstić information content (AvgIpc) is 2.92. The molecule has 2 rings (SSSR count). The number of hydrogen-bond donors (Lipinski definition) is 1. The third kappa shape index (κ3) is 6.89. The molecule has 8 heteroatoms. The van der Waals surface area contributed by atoms with E-state index in [0.29, 0.717) is 31.4 Å². The van der Waals surface area contributed by atoms with Gasteiger partial charge in [-0.25, -0.2) is 0 Å². The van der Waals surface area contributed by atoms with Crippen molar-refractivity contribution < 1.29 is 9.26 Å². The van der Waals surface area contributed by atoms with E-state index in [4.69, 9.17) is 9.26 Å². The molecule has 0 fully saturated rings. The Morgan fingerprint density at radius 3 is 2.48 bits per heavy atom. The lowest BCUT2D eigenvalue weighted by Crippen LogP contribution is -2.40. The van der Waals surface area contributed by atoms with Crippen molar-refractivity contribution in [1.29, 1.82) is 0 Å². The minimum absolute atomic E-state index is 0. The highest BCUT2D eigenvalue weighted by Crippen LogP contribution is 2.15. The van der Waals surface area contributed by atoms with Crippen molar-refractivity contribution in [2.24, 2.45) is 4.99 Å². The fraction of sp³-hybridized carbons (Fsp3) is 0.471. The zero-order valence-corrected chi connectivity index (χ0v) is 17.7. The minimum Gasteiger partial charge on any atom is -0.492 e. The summed E-state index contributed by atoms with van der Waals surface area (Å²) in [4.78, 5) is 10.4. The van der Waals surface area contributed by atoms with Gasteiger partial charge in [-0.1, -0.05) is 11.2 Å². The number of halogens is 1. The highest BCUT2D eigenvalue weighted by atomic mass is 127. The van der Waals surface area contributed by atoms with Crippen LogP contribution in [0.5, 0.6) is 5.75 Å². The maximum atomic E-state index is 5.83. The number of ether oxygens (including phenoxy) is 1. The van der Waals surface area contributed by atoms with Crippen LogP contribution in [0.1, 0.15) is 22.8 Å². The van der Waals surface area contributed by atoms with Crippen LogP contribution in [0.15, 0.2) is 27.7 Å². The Balaban J connectivity index is 0.00000312. The van der Waals surface area contributed by atoms with Gasteiger partial charge in [0.2, 0.25) is 5.89 Å². The third-order valence-corrected chi connectivity index (χ3v) is 3.44. The first kappa shape index (κ1) is 21.2. The third-order valence-electron chi connectivity index (χ3n) is 3.44. The van der Waals surface area contributed by atoms with Gasteiger partial charge in [0.1, 0.15) is 12.4 Å². The molecular formula is C17H26IN5O2. The number of guanidine groups is 1.